The van der Waals surface area contributed by atoms with Gasteiger partial charge in [-0.2, -0.15) is 0 Å². The van der Waals surface area contributed by atoms with Crippen molar-refractivity contribution in [3.8, 4) is 0 Å². The standard InChI is InChI=1S/C22H26N4OS/c1-15-14-20-24-25-22(26(20)19-11-7-6-10-18(15)19)28-16(2)21(27)23-13-12-17-8-4-3-5-9-17/h6-8,10-11,14,16H,3-5,9,12-13H2,1-2H3,(H,23,27)/t16-/m1/s1. The number of benzene rings is 1. The van der Waals surface area contributed by atoms with E-state index in [0.29, 0.717) is 6.54 Å². The number of thioether (sulfide) groups is 1. The molecule has 1 aliphatic rings. The highest BCUT2D eigenvalue weighted by Crippen LogP contribution is 2.28. The first-order valence-corrected chi connectivity index (χ1v) is 10.9. The smallest absolute Gasteiger partial charge is 0.233 e. The van der Waals surface area contributed by atoms with Gasteiger partial charge >= 0.3 is 0 Å². The number of allylic oxidation sites excluding steroid dienone is 1. The Morgan fingerprint density at radius 2 is 2.14 bits per heavy atom. The second-order valence-electron chi connectivity index (χ2n) is 7.43. The molecule has 1 atom stereocenters. The number of hydrogen-bond acceptors (Lipinski definition) is 4. The maximum absolute atomic E-state index is 12.6. The number of hydrogen-bond donors (Lipinski definition) is 1. The lowest BCUT2D eigenvalue weighted by atomic mass is 9.97. The molecular formula is C22H26N4OS. The third-order valence-electron chi connectivity index (χ3n) is 5.36. The first kappa shape index (κ1) is 19.0. The van der Waals surface area contributed by atoms with Crippen molar-refractivity contribution in [3.05, 3.63) is 47.5 Å². The molecule has 6 heteroatoms. The second kappa shape index (κ2) is 8.35. The van der Waals surface area contributed by atoms with Gasteiger partial charge in [0.15, 0.2) is 10.8 Å². The van der Waals surface area contributed by atoms with Crippen LogP contribution in [0.3, 0.4) is 0 Å². The minimum absolute atomic E-state index is 0.0505. The Hall–Kier alpha value is -2.34. The summed E-state index contributed by atoms with van der Waals surface area (Å²) in [7, 11) is 0. The van der Waals surface area contributed by atoms with E-state index in [-0.39, 0.29) is 11.2 Å². The van der Waals surface area contributed by atoms with Crippen LogP contribution in [-0.2, 0) is 4.79 Å². The highest BCUT2D eigenvalue weighted by molar-refractivity contribution is 8.00. The number of carbonyl (C=O) groups is 1. The molecule has 4 rings (SSSR count). The highest BCUT2D eigenvalue weighted by atomic mass is 32.2. The Kier molecular flexibility index (Phi) is 5.67. The summed E-state index contributed by atoms with van der Waals surface area (Å²) in [6.07, 6.45) is 8.23. The average molecular weight is 395 g/mol. The van der Waals surface area contributed by atoms with Gasteiger partial charge < -0.3 is 5.32 Å². The second-order valence-corrected chi connectivity index (χ2v) is 8.74. The molecule has 0 saturated heterocycles. The van der Waals surface area contributed by atoms with Crippen molar-refractivity contribution >= 4 is 34.2 Å². The van der Waals surface area contributed by atoms with Crippen LogP contribution in [0.25, 0.3) is 16.6 Å². The fourth-order valence-electron chi connectivity index (χ4n) is 3.78. The van der Waals surface area contributed by atoms with Gasteiger partial charge in [0.1, 0.15) is 0 Å². The SMILES string of the molecule is Cc1cc2nnc(S[C@H](C)C(=O)NCCC3=CCCCC3)n2c2ccccc12. The van der Waals surface area contributed by atoms with Crippen LogP contribution in [0.2, 0.25) is 0 Å². The maximum Gasteiger partial charge on any atom is 0.233 e. The van der Waals surface area contributed by atoms with Gasteiger partial charge in [-0.05, 0) is 63.6 Å². The molecule has 0 aliphatic heterocycles. The van der Waals surface area contributed by atoms with E-state index < -0.39 is 0 Å². The number of para-hydroxylation sites is 1. The first-order chi connectivity index (χ1) is 13.6. The van der Waals surface area contributed by atoms with Gasteiger partial charge in [-0.25, -0.2) is 0 Å². The molecule has 1 amide bonds. The predicted octanol–water partition coefficient (Wildman–Crippen LogP) is 4.68. The Labute approximate surface area is 169 Å². The molecule has 0 unspecified atom stereocenters. The Bertz CT molecular complexity index is 1040. The lowest BCUT2D eigenvalue weighted by Gasteiger charge is -2.15. The summed E-state index contributed by atoms with van der Waals surface area (Å²) in [5, 5.41) is 13.4. The monoisotopic (exact) mass is 394 g/mol. The molecule has 2 aromatic heterocycles. The summed E-state index contributed by atoms with van der Waals surface area (Å²) in [5.41, 5.74) is 4.55. The third-order valence-corrected chi connectivity index (χ3v) is 6.40. The molecule has 0 bridgehead atoms. The zero-order valence-corrected chi connectivity index (χ0v) is 17.3. The van der Waals surface area contributed by atoms with Crippen LogP contribution in [0.15, 0.2) is 47.1 Å². The fourth-order valence-corrected chi connectivity index (χ4v) is 4.68. The normalized spacial score (nSPS) is 15.6. The number of fused-ring (bicyclic) bond motifs is 3. The minimum Gasteiger partial charge on any atom is -0.355 e. The number of pyridine rings is 1. The van der Waals surface area contributed by atoms with Crippen molar-refractivity contribution in [2.24, 2.45) is 0 Å². The quantitative estimate of drug-likeness (QED) is 0.487. The molecule has 28 heavy (non-hydrogen) atoms. The summed E-state index contributed by atoms with van der Waals surface area (Å²) in [5.74, 6) is 0.0505. The molecular weight excluding hydrogens is 368 g/mol. The zero-order chi connectivity index (χ0) is 19.5. The van der Waals surface area contributed by atoms with Crippen LogP contribution >= 0.6 is 11.8 Å². The fraction of sp³-hybridized carbons (Fsp3) is 0.409. The highest BCUT2D eigenvalue weighted by Gasteiger charge is 2.19. The molecule has 1 aliphatic carbocycles. The summed E-state index contributed by atoms with van der Waals surface area (Å²) >= 11 is 1.46. The number of nitrogens with zero attached hydrogens (tertiary/aromatic N) is 3. The number of aromatic nitrogens is 3. The van der Waals surface area contributed by atoms with Crippen molar-refractivity contribution in [1.29, 1.82) is 0 Å². The molecule has 5 nitrogen and oxygen atoms in total. The number of carbonyl (C=O) groups excluding carboxylic acids is 1. The molecule has 0 fully saturated rings. The molecule has 0 radical (unpaired) electrons. The van der Waals surface area contributed by atoms with E-state index in [9.17, 15) is 4.79 Å². The summed E-state index contributed by atoms with van der Waals surface area (Å²) < 4.78 is 2.05. The van der Waals surface area contributed by atoms with E-state index >= 15 is 0 Å². The third kappa shape index (κ3) is 3.92. The first-order valence-electron chi connectivity index (χ1n) is 9.99. The lowest BCUT2D eigenvalue weighted by molar-refractivity contribution is -0.120. The number of nitrogens with one attached hydrogen (secondary N) is 1. The molecule has 146 valence electrons. The van der Waals surface area contributed by atoms with E-state index in [0.717, 1.165) is 22.7 Å². The van der Waals surface area contributed by atoms with Crippen LogP contribution in [0.5, 0.6) is 0 Å². The molecule has 3 aromatic rings. The van der Waals surface area contributed by atoms with Gasteiger partial charge in [0.2, 0.25) is 5.91 Å². The predicted molar refractivity (Wildman–Crippen MR) is 115 cm³/mol. The number of rotatable bonds is 6. The summed E-state index contributed by atoms with van der Waals surface area (Å²) in [6, 6.07) is 10.3. The Morgan fingerprint density at radius 3 is 2.96 bits per heavy atom. The Morgan fingerprint density at radius 1 is 1.29 bits per heavy atom. The van der Waals surface area contributed by atoms with Gasteiger partial charge in [0.05, 0.1) is 10.8 Å². The molecule has 2 heterocycles. The Balaban J connectivity index is 1.46. The maximum atomic E-state index is 12.6. The van der Waals surface area contributed by atoms with Gasteiger partial charge in [0.25, 0.3) is 0 Å². The van der Waals surface area contributed by atoms with Crippen LogP contribution in [0, 0.1) is 6.92 Å². The van der Waals surface area contributed by atoms with E-state index in [2.05, 4.69) is 40.6 Å². The van der Waals surface area contributed by atoms with Crippen LogP contribution in [0.4, 0.5) is 0 Å². The lowest BCUT2D eigenvalue weighted by Crippen LogP contribution is -2.32. The molecule has 0 saturated carbocycles. The number of amides is 1. The molecule has 0 spiro atoms. The molecule has 1 N–H and O–H groups in total. The zero-order valence-electron chi connectivity index (χ0n) is 16.4. The van der Waals surface area contributed by atoms with Crippen LogP contribution < -0.4 is 5.32 Å². The van der Waals surface area contributed by atoms with Crippen molar-refractivity contribution in [2.45, 2.75) is 56.4 Å². The van der Waals surface area contributed by atoms with Crippen molar-refractivity contribution in [1.82, 2.24) is 19.9 Å². The van der Waals surface area contributed by atoms with Crippen LogP contribution in [0.1, 0.15) is 44.6 Å². The average Bonchev–Trinajstić information content (AvgIpc) is 3.11. The largest absolute Gasteiger partial charge is 0.355 e. The van der Waals surface area contributed by atoms with E-state index in [1.54, 1.807) is 0 Å². The van der Waals surface area contributed by atoms with E-state index in [4.69, 9.17) is 0 Å². The van der Waals surface area contributed by atoms with Crippen molar-refractivity contribution in [2.75, 3.05) is 6.54 Å². The van der Waals surface area contributed by atoms with E-state index in [1.165, 1.54) is 54.0 Å². The van der Waals surface area contributed by atoms with Gasteiger partial charge in [-0.3, -0.25) is 9.20 Å². The van der Waals surface area contributed by atoms with Crippen molar-refractivity contribution < 1.29 is 4.79 Å². The topological polar surface area (TPSA) is 59.3 Å². The number of aryl methyl sites for hydroxylation is 1. The van der Waals surface area contributed by atoms with Gasteiger partial charge in [-0.15, -0.1) is 10.2 Å². The summed E-state index contributed by atoms with van der Waals surface area (Å²) in [6.45, 7) is 4.72. The minimum atomic E-state index is -0.229. The van der Waals surface area contributed by atoms with Crippen LogP contribution in [-0.4, -0.2) is 32.3 Å². The van der Waals surface area contributed by atoms with Gasteiger partial charge in [0, 0.05) is 11.9 Å². The summed E-state index contributed by atoms with van der Waals surface area (Å²) in [4.78, 5) is 12.6. The van der Waals surface area contributed by atoms with Gasteiger partial charge in [-0.1, -0.05) is 41.6 Å². The van der Waals surface area contributed by atoms with Crippen molar-refractivity contribution in [3.63, 3.8) is 0 Å². The molecule has 1 aromatic carbocycles. The van der Waals surface area contributed by atoms with E-state index in [1.807, 2.05) is 29.5 Å².